The maximum absolute atomic E-state index is 6.24. The van der Waals surface area contributed by atoms with Gasteiger partial charge in [0, 0.05) is 18.0 Å². The van der Waals surface area contributed by atoms with Crippen LogP contribution in [-0.4, -0.2) is 16.0 Å². The Bertz CT molecular complexity index is 471. The van der Waals surface area contributed by atoms with Crippen molar-refractivity contribution >= 4 is 17.4 Å². The molecule has 1 aliphatic carbocycles. The molecule has 0 bridgehead atoms. The van der Waals surface area contributed by atoms with E-state index in [0.29, 0.717) is 16.6 Å². The maximum Gasteiger partial charge on any atom is 0.137 e. The Labute approximate surface area is 127 Å². The van der Waals surface area contributed by atoms with Gasteiger partial charge in [-0.2, -0.15) is 0 Å². The zero-order valence-corrected chi connectivity index (χ0v) is 13.8. The second-order valence-electron chi connectivity index (χ2n) is 6.76. The van der Waals surface area contributed by atoms with Crippen molar-refractivity contribution < 1.29 is 0 Å². The summed E-state index contributed by atoms with van der Waals surface area (Å²) in [5.41, 5.74) is 1.39. The lowest BCUT2D eigenvalue weighted by Crippen LogP contribution is -2.32. The van der Waals surface area contributed by atoms with E-state index in [1.54, 1.807) is 0 Å². The van der Waals surface area contributed by atoms with E-state index < -0.39 is 0 Å². The van der Waals surface area contributed by atoms with Crippen LogP contribution in [0.1, 0.15) is 64.3 Å². The van der Waals surface area contributed by atoms with E-state index in [2.05, 4.69) is 36.1 Å². The Balaban J connectivity index is 2.15. The second-order valence-corrected chi connectivity index (χ2v) is 7.11. The largest absolute Gasteiger partial charge is 0.367 e. The van der Waals surface area contributed by atoms with Gasteiger partial charge >= 0.3 is 0 Å². The van der Waals surface area contributed by atoms with Crippen LogP contribution in [0.15, 0.2) is 0 Å². The molecule has 0 aromatic carbocycles. The molecule has 1 saturated carbocycles. The highest BCUT2D eigenvalue weighted by atomic mass is 35.5. The van der Waals surface area contributed by atoms with Gasteiger partial charge in [-0.05, 0) is 38.0 Å². The van der Waals surface area contributed by atoms with E-state index in [0.717, 1.165) is 30.0 Å². The first kappa shape index (κ1) is 15.6. The van der Waals surface area contributed by atoms with Crippen molar-refractivity contribution in [2.75, 3.05) is 5.32 Å². The summed E-state index contributed by atoms with van der Waals surface area (Å²) in [5.74, 6) is 1.77. The molecule has 1 unspecified atom stereocenters. The minimum atomic E-state index is 0.424. The van der Waals surface area contributed by atoms with Gasteiger partial charge in [-0.3, -0.25) is 0 Å². The van der Waals surface area contributed by atoms with Crippen LogP contribution in [-0.2, 0) is 6.42 Å². The third-order valence-electron chi connectivity index (χ3n) is 4.15. The topological polar surface area (TPSA) is 37.8 Å². The molecule has 1 fully saturated rings. The fourth-order valence-electron chi connectivity index (χ4n) is 3.02. The molecule has 0 aliphatic heterocycles. The molecule has 3 nitrogen and oxygen atoms in total. The lowest BCUT2D eigenvalue weighted by Gasteiger charge is -2.36. The van der Waals surface area contributed by atoms with E-state index in [-0.39, 0.29) is 0 Å². The molecule has 1 heterocycles. The molecule has 0 amide bonds. The Hall–Kier alpha value is -0.830. The molecular weight excluding hydrogens is 270 g/mol. The first-order valence-corrected chi connectivity index (χ1v) is 8.08. The van der Waals surface area contributed by atoms with Crippen molar-refractivity contribution in [3.63, 3.8) is 0 Å². The van der Waals surface area contributed by atoms with Crippen LogP contribution in [0.5, 0.6) is 0 Å². The van der Waals surface area contributed by atoms with Gasteiger partial charge in [-0.1, -0.05) is 38.8 Å². The van der Waals surface area contributed by atoms with Crippen LogP contribution in [0.25, 0.3) is 0 Å². The number of aryl methyl sites for hydroxylation is 1. The quantitative estimate of drug-likeness (QED) is 0.813. The van der Waals surface area contributed by atoms with Crippen molar-refractivity contribution in [1.82, 2.24) is 9.97 Å². The molecule has 112 valence electrons. The standard InChI is InChI=1S/C16H26ClN3/c1-5-7-13-19-14(17)11(2)15(20-13)18-12-8-6-9-16(3,4)10-12/h12H,5-10H2,1-4H3,(H,18,19,20). The zero-order valence-electron chi connectivity index (χ0n) is 13.1. The first-order chi connectivity index (χ1) is 9.41. The van der Waals surface area contributed by atoms with Crippen molar-refractivity contribution in [2.24, 2.45) is 5.41 Å². The SMILES string of the molecule is CCCc1nc(Cl)c(C)c(NC2CCCC(C)(C)C2)n1. The molecule has 20 heavy (non-hydrogen) atoms. The van der Waals surface area contributed by atoms with E-state index in [4.69, 9.17) is 11.6 Å². The molecule has 0 spiro atoms. The predicted octanol–water partition coefficient (Wildman–Crippen LogP) is 4.77. The van der Waals surface area contributed by atoms with Crippen LogP contribution >= 0.6 is 11.6 Å². The minimum Gasteiger partial charge on any atom is -0.367 e. The Kier molecular flexibility index (Phi) is 4.90. The summed E-state index contributed by atoms with van der Waals surface area (Å²) in [6.45, 7) is 8.83. The van der Waals surface area contributed by atoms with Crippen LogP contribution in [0, 0.1) is 12.3 Å². The van der Waals surface area contributed by atoms with Gasteiger partial charge in [0.1, 0.15) is 16.8 Å². The summed E-state index contributed by atoms with van der Waals surface area (Å²) < 4.78 is 0. The van der Waals surface area contributed by atoms with E-state index >= 15 is 0 Å². The van der Waals surface area contributed by atoms with Crippen LogP contribution < -0.4 is 5.32 Å². The smallest absolute Gasteiger partial charge is 0.137 e. The Morgan fingerprint density at radius 3 is 2.75 bits per heavy atom. The van der Waals surface area contributed by atoms with Gasteiger partial charge in [0.25, 0.3) is 0 Å². The molecule has 1 atom stereocenters. The highest BCUT2D eigenvalue weighted by Gasteiger charge is 2.28. The van der Waals surface area contributed by atoms with Gasteiger partial charge in [-0.15, -0.1) is 0 Å². The van der Waals surface area contributed by atoms with Gasteiger partial charge in [0.15, 0.2) is 0 Å². The zero-order chi connectivity index (χ0) is 14.8. The van der Waals surface area contributed by atoms with Crippen LogP contribution in [0.4, 0.5) is 5.82 Å². The fourth-order valence-corrected chi connectivity index (χ4v) is 3.21. The molecule has 4 heteroatoms. The minimum absolute atomic E-state index is 0.424. The predicted molar refractivity (Wildman–Crippen MR) is 85.4 cm³/mol. The number of aromatic nitrogens is 2. The van der Waals surface area contributed by atoms with E-state index in [1.807, 2.05) is 6.92 Å². The number of hydrogen-bond acceptors (Lipinski definition) is 3. The summed E-state index contributed by atoms with van der Waals surface area (Å²) in [5, 5.41) is 4.19. The van der Waals surface area contributed by atoms with Gasteiger partial charge in [0.05, 0.1) is 0 Å². The number of hydrogen-bond donors (Lipinski definition) is 1. The third-order valence-corrected chi connectivity index (χ3v) is 4.52. The summed E-state index contributed by atoms with van der Waals surface area (Å²) in [6.07, 6.45) is 6.92. The number of halogens is 1. The molecule has 1 aromatic heterocycles. The molecule has 2 rings (SSSR count). The van der Waals surface area contributed by atoms with Crippen molar-refractivity contribution in [3.8, 4) is 0 Å². The first-order valence-electron chi connectivity index (χ1n) is 7.71. The van der Waals surface area contributed by atoms with Gasteiger partial charge < -0.3 is 5.32 Å². The molecule has 1 N–H and O–H groups in total. The number of anilines is 1. The van der Waals surface area contributed by atoms with E-state index in [1.165, 1.54) is 25.7 Å². The molecule has 1 aliphatic rings. The fraction of sp³-hybridized carbons (Fsp3) is 0.750. The van der Waals surface area contributed by atoms with E-state index in [9.17, 15) is 0 Å². The normalized spacial score (nSPS) is 21.8. The second kappa shape index (κ2) is 6.30. The number of nitrogens with one attached hydrogen (secondary N) is 1. The molecule has 0 saturated heterocycles. The molecule has 1 aromatic rings. The monoisotopic (exact) mass is 295 g/mol. The summed E-state index contributed by atoms with van der Waals surface area (Å²) in [7, 11) is 0. The average Bonchev–Trinajstić information content (AvgIpc) is 2.34. The summed E-state index contributed by atoms with van der Waals surface area (Å²) >= 11 is 6.24. The highest BCUT2D eigenvalue weighted by molar-refractivity contribution is 6.30. The summed E-state index contributed by atoms with van der Waals surface area (Å²) in [6, 6.07) is 0.498. The summed E-state index contributed by atoms with van der Waals surface area (Å²) in [4.78, 5) is 9.02. The van der Waals surface area contributed by atoms with Gasteiger partial charge in [0.2, 0.25) is 0 Å². The van der Waals surface area contributed by atoms with Crippen molar-refractivity contribution in [1.29, 1.82) is 0 Å². The van der Waals surface area contributed by atoms with Crippen molar-refractivity contribution in [2.45, 2.75) is 72.3 Å². The third kappa shape index (κ3) is 3.85. The average molecular weight is 296 g/mol. The van der Waals surface area contributed by atoms with Gasteiger partial charge in [-0.25, -0.2) is 9.97 Å². The van der Waals surface area contributed by atoms with Crippen LogP contribution in [0.2, 0.25) is 5.15 Å². The lowest BCUT2D eigenvalue weighted by atomic mass is 9.75. The number of nitrogens with zero attached hydrogens (tertiary/aromatic N) is 2. The lowest BCUT2D eigenvalue weighted by molar-refractivity contribution is 0.229. The number of rotatable bonds is 4. The van der Waals surface area contributed by atoms with Crippen molar-refractivity contribution in [3.05, 3.63) is 16.5 Å². The Morgan fingerprint density at radius 1 is 1.35 bits per heavy atom. The molecular formula is C16H26ClN3. The molecule has 0 radical (unpaired) electrons. The highest BCUT2D eigenvalue weighted by Crippen LogP contribution is 2.36. The maximum atomic E-state index is 6.24. The van der Waals surface area contributed by atoms with Crippen LogP contribution in [0.3, 0.4) is 0 Å². The Morgan fingerprint density at radius 2 is 2.10 bits per heavy atom.